The number of nitrogens with two attached hydrogens (primary N) is 1. The maximum atomic E-state index is 13.5. The molecule has 2 aromatic heterocycles. The fraction of sp³-hybridized carbons (Fsp3) is 0.381. The molecule has 0 aliphatic heterocycles. The van der Waals surface area contributed by atoms with Crippen LogP contribution in [0, 0.1) is 17.6 Å². The molecule has 1 saturated carbocycles. The fourth-order valence-electron chi connectivity index (χ4n) is 3.71. The number of aromatic nitrogens is 4. The maximum absolute atomic E-state index is 13.5. The van der Waals surface area contributed by atoms with E-state index in [-0.39, 0.29) is 0 Å². The standard InChI is InChI=1S/C21H23F2N5O/c22-16-7-17(23)9-19(8-16)28-12-15(10-27-28)21-20(11-25-13-26-21)29-6-5-14-1-3-18(24)4-2-14/h7-14,18H,1-6,24H2/t14-,18+. The van der Waals surface area contributed by atoms with Crippen LogP contribution >= 0.6 is 0 Å². The first-order valence-electron chi connectivity index (χ1n) is 9.78. The third kappa shape index (κ3) is 4.76. The van der Waals surface area contributed by atoms with Gasteiger partial charge in [-0.15, -0.1) is 0 Å². The van der Waals surface area contributed by atoms with Crippen molar-refractivity contribution in [3.63, 3.8) is 0 Å². The summed E-state index contributed by atoms with van der Waals surface area (Å²) in [5, 5.41) is 4.20. The van der Waals surface area contributed by atoms with Crippen LogP contribution in [0.1, 0.15) is 32.1 Å². The number of rotatable bonds is 6. The molecule has 1 fully saturated rings. The highest BCUT2D eigenvalue weighted by Crippen LogP contribution is 2.29. The third-order valence-electron chi connectivity index (χ3n) is 5.32. The van der Waals surface area contributed by atoms with Gasteiger partial charge in [0.2, 0.25) is 0 Å². The Morgan fingerprint density at radius 3 is 2.59 bits per heavy atom. The molecule has 0 spiro atoms. The normalized spacial score (nSPS) is 19.3. The van der Waals surface area contributed by atoms with Crippen LogP contribution < -0.4 is 10.5 Å². The van der Waals surface area contributed by atoms with Gasteiger partial charge in [0.05, 0.1) is 24.7 Å². The Labute approximate surface area is 167 Å². The summed E-state index contributed by atoms with van der Waals surface area (Å²) in [6.45, 7) is 0.573. The Hall–Kier alpha value is -2.87. The van der Waals surface area contributed by atoms with Gasteiger partial charge in [0.15, 0.2) is 5.75 Å². The lowest BCUT2D eigenvalue weighted by Gasteiger charge is -2.25. The van der Waals surface area contributed by atoms with Crippen LogP contribution in [-0.2, 0) is 0 Å². The minimum Gasteiger partial charge on any atom is -0.490 e. The molecule has 1 aliphatic rings. The molecule has 6 nitrogen and oxygen atoms in total. The van der Waals surface area contributed by atoms with E-state index in [1.54, 1.807) is 18.6 Å². The minimum atomic E-state index is -0.660. The number of hydrogen-bond donors (Lipinski definition) is 1. The molecule has 1 aliphatic carbocycles. The van der Waals surface area contributed by atoms with Crippen molar-refractivity contribution in [2.75, 3.05) is 6.61 Å². The first-order chi connectivity index (χ1) is 14.1. The second-order valence-corrected chi connectivity index (χ2v) is 7.45. The summed E-state index contributed by atoms with van der Waals surface area (Å²) in [5.41, 5.74) is 7.52. The minimum absolute atomic E-state index is 0.292. The average Bonchev–Trinajstić information content (AvgIpc) is 3.19. The van der Waals surface area contributed by atoms with Crippen LogP contribution in [0.5, 0.6) is 5.75 Å². The summed E-state index contributed by atoms with van der Waals surface area (Å²) in [7, 11) is 0. The number of ether oxygens (including phenoxy) is 1. The van der Waals surface area contributed by atoms with Gasteiger partial charge in [-0.3, -0.25) is 0 Å². The average molecular weight is 399 g/mol. The summed E-state index contributed by atoms with van der Waals surface area (Å²) in [6.07, 6.45) is 11.7. The summed E-state index contributed by atoms with van der Waals surface area (Å²) in [5.74, 6) is -0.128. The van der Waals surface area contributed by atoms with Crippen LogP contribution in [0.15, 0.2) is 43.1 Å². The van der Waals surface area contributed by atoms with Crippen LogP contribution in [-0.4, -0.2) is 32.4 Å². The highest BCUT2D eigenvalue weighted by Gasteiger charge is 2.19. The Bertz CT molecular complexity index is 949. The van der Waals surface area contributed by atoms with Crippen molar-refractivity contribution < 1.29 is 13.5 Å². The van der Waals surface area contributed by atoms with Crippen molar-refractivity contribution in [1.82, 2.24) is 19.7 Å². The topological polar surface area (TPSA) is 78.8 Å². The summed E-state index contributed by atoms with van der Waals surface area (Å²) >= 11 is 0. The number of nitrogens with zero attached hydrogens (tertiary/aromatic N) is 4. The van der Waals surface area contributed by atoms with E-state index in [2.05, 4.69) is 15.1 Å². The summed E-state index contributed by atoms with van der Waals surface area (Å²) < 4.78 is 34.3. The smallest absolute Gasteiger partial charge is 0.163 e. The number of benzene rings is 1. The van der Waals surface area contributed by atoms with Gasteiger partial charge < -0.3 is 10.5 Å². The molecule has 2 N–H and O–H groups in total. The molecule has 2 heterocycles. The lowest BCUT2D eigenvalue weighted by Crippen LogP contribution is -2.27. The van der Waals surface area contributed by atoms with Gasteiger partial charge >= 0.3 is 0 Å². The molecular formula is C21H23F2N5O. The Balaban J connectivity index is 1.46. The van der Waals surface area contributed by atoms with Gasteiger partial charge in [0.1, 0.15) is 23.7 Å². The maximum Gasteiger partial charge on any atom is 0.163 e. The first-order valence-corrected chi connectivity index (χ1v) is 9.78. The SMILES string of the molecule is N[C@H]1CC[C@@H](CCOc2cncnc2-c2cnn(-c3cc(F)cc(F)c3)c2)CC1. The highest BCUT2D eigenvalue weighted by molar-refractivity contribution is 5.64. The van der Waals surface area contributed by atoms with Gasteiger partial charge in [0, 0.05) is 23.9 Å². The van der Waals surface area contributed by atoms with Crippen molar-refractivity contribution in [1.29, 1.82) is 0 Å². The molecule has 0 saturated heterocycles. The van der Waals surface area contributed by atoms with E-state index in [0.717, 1.165) is 38.2 Å². The number of halogens is 2. The lowest BCUT2D eigenvalue weighted by molar-refractivity contribution is 0.237. The lowest BCUT2D eigenvalue weighted by atomic mass is 9.85. The fourth-order valence-corrected chi connectivity index (χ4v) is 3.71. The van der Waals surface area contributed by atoms with Crippen molar-refractivity contribution in [2.24, 2.45) is 11.7 Å². The van der Waals surface area contributed by atoms with E-state index in [1.807, 2.05) is 0 Å². The van der Waals surface area contributed by atoms with E-state index in [9.17, 15) is 8.78 Å². The van der Waals surface area contributed by atoms with Crippen molar-refractivity contribution >= 4 is 0 Å². The second-order valence-electron chi connectivity index (χ2n) is 7.45. The molecular weight excluding hydrogens is 376 g/mol. The van der Waals surface area contributed by atoms with E-state index in [1.165, 1.54) is 23.1 Å². The van der Waals surface area contributed by atoms with Gasteiger partial charge in [-0.05, 0) is 50.2 Å². The zero-order valence-electron chi connectivity index (χ0n) is 16.0. The summed E-state index contributed by atoms with van der Waals surface area (Å²) in [6, 6.07) is 3.59. The quantitative estimate of drug-likeness (QED) is 0.680. The van der Waals surface area contributed by atoms with E-state index in [0.29, 0.717) is 41.3 Å². The van der Waals surface area contributed by atoms with Crippen molar-refractivity contribution in [3.8, 4) is 22.7 Å². The zero-order chi connectivity index (χ0) is 20.2. The predicted molar refractivity (Wildman–Crippen MR) is 105 cm³/mol. The molecule has 0 radical (unpaired) electrons. The van der Waals surface area contributed by atoms with Gasteiger partial charge in [0.25, 0.3) is 0 Å². The molecule has 29 heavy (non-hydrogen) atoms. The predicted octanol–water partition coefficient (Wildman–Crippen LogP) is 3.89. The zero-order valence-corrected chi connectivity index (χ0v) is 16.0. The van der Waals surface area contributed by atoms with Crippen LogP contribution in [0.2, 0.25) is 0 Å². The molecule has 152 valence electrons. The van der Waals surface area contributed by atoms with Crippen molar-refractivity contribution in [2.45, 2.75) is 38.1 Å². The monoisotopic (exact) mass is 399 g/mol. The molecule has 0 unspecified atom stereocenters. The molecule has 8 heteroatoms. The van der Waals surface area contributed by atoms with E-state index < -0.39 is 11.6 Å². The van der Waals surface area contributed by atoms with Crippen molar-refractivity contribution in [3.05, 3.63) is 54.8 Å². The Morgan fingerprint density at radius 1 is 1.07 bits per heavy atom. The van der Waals surface area contributed by atoms with Crippen LogP contribution in [0.3, 0.4) is 0 Å². The van der Waals surface area contributed by atoms with E-state index in [4.69, 9.17) is 10.5 Å². The highest BCUT2D eigenvalue weighted by atomic mass is 19.1. The molecule has 1 aromatic carbocycles. The first kappa shape index (κ1) is 19.4. The van der Waals surface area contributed by atoms with Crippen LogP contribution in [0.25, 0.3) is 16.9 Å². The third-order valence-corrected chi connectivity index (χ3v) is 5.32. The van der Waals surface area contributed by atoms with Gasteiger partial charge in [-0.25, -0.2) is 23.4 Å². The second kappa shape index (κ2) is 8.65. The van der Waals surface area contributed by atoms with E-state index >= 15 is 0 Å². The number of hydrogen-bond acceptors (Lipinski definition) is 5. The molecule has 0 atom stereocenters. The molecule has 4 rings (SSSR count). The largest absolute Gasteiger partial charge is 0.490 e. The Morgan fingerprint density at radius 2 is 1.83 bits per heavy atom. The molecule has 3 aromatic rings. The van der Waals surface area contributed by atoms with Crippen LogP contribution in [0.4, 0.5) is 8.78 Å². The van der Waals surface area contributed by atoms with Gasteiger partial charge in [-0.2, -0.15) is 5.10 Å². The Kier molecular flexibility index (Phi) is 5.80. The molecule has 0 bridgehead atoms. The summed E-state index contributed by atoms with van der Waals surface area (Å²) in [4.78, 5) is 8.37. The molecule has 0 amide bonds. The van der Waals surface area contributed by atoms with Gasteiger partial charge in [-0.1, -0.05) is 0 Å².